The van der Waals surface area contributed by atoms with E-state index in [9.17, 15) is 9.90 Å². The molecular formula is C13H11BN2O2S. The van der Waals surface area contributed by atoms with Crippen LogP contribution in [-0.4, -0.2) is 28.7 Å². The molecule has 0 atom stereocenters. The Morgan fingerprint density at radius 2 is 2.26 bits per heavy atom. The maximum absolute atomic E-state index is 12.0. The molecule has 0 bridgehead atoms. The Balaban J connectivity index is 2.12. The zero-order chi connectivity index (χ0) is 13.4. The summed E-state index contributed by atoms with van der Waals surface area (Å²) < 4.78 is 0. The van der Waals surface area contributed by atoms with Gasteiger partial charge >= 0.3 is 0 Å². The third kappa shape index (κ3) is 2.28. The van der Waals surface area contributed by atoms with E-state index >= 15 is 0 Å². The third-order valence-corrected chi connectivity index (χ3v) is 4.12. The molecule has 0 saturated heterocycles. The first-order valence-electron chi connectivity index (χ1n) is 5.94. The summed E-state index contributed by atoms with van der Waals surface area (Å²) in [5.74, 6) is 2.17. The van der Waals surface area contributed by atoms with Crippen LogP contribution in [0, 0.1) is 0 Å². The van der Waals surface area contributed by atoms with E-state index in [1.165, 1.54) is 6.07 Å². The number of rotatable bonds is 1. The molecule has 1 aliphatic heterocycles. The first-order valence-corrected chi connectivity index (χ1v) is 7.09. The number of thioether (sulfide) groups is 1. The first kappa shape index (κ1) is 12.4. The van der Waals surface area contributed by atoms with Gasteiger partial charge in [0.2, 0.25) is 0 Å². The summed E-state index contributed by atoms with van der Waals surface area (Å²) in [4.78, 5) is 19.3. The van der Waals surface area contributed by atoms with E-state index in [1.54, 1.807) is 23.9 Å². The molecule has 1 aromatic heterocycles. The van der Waals surface area contributed by atoms with Gasteiger partial charge in [-0.2, -0.15) is 11.8 Å². The van der Waals surface area contributed by atoms with E-state index < -0.39 is 0 Å². The fraction of sp³-hybridized carbons (Fsp3) is 0.231. The standard InChI is InChI=1S/C13H11BN2O2S/c14-9-2-1-7(5-11(9)17)12-15-10-3-4-19-6-8(10)13(18)16-12/h1-2,5,17H,3-4,6H2,(H,15,16,18). The minimum absolute atomic E-state index is 0.00609. The number of aromatic nitrogens is 2. The average Bonchev–Trinajstić information content (AvgIpc) is 2.42. The van der Waals surface area contributed by atoms with Gasteiger partial charge in [0, 0.05) is 16.9 Å². The largest absolute Gasteiger partial charge is 0.509 e. The van der Waals surface area contributed by atoms with Crippen LogP contribution in [0.15, 0.2) is 23.0 Å². The minimum Gasteiger partial charge on any atom is -0.509 e. The number of aryl methyl sites for hydroxylation is 1. The minimum atomic E-state index is -0.0940. The van der Waals surface area contributed by atoms with Crippen LogP contribution in [0.1, 0.15) is 11.3 Å². The van der Waals surface area contributed by atoms with Gasteiger partial charge in [0.15, 0.2) is 0 Å². The van der Waals surface area contributed by atoms with Crippen molar-refractivity contribution in [1.29, 1.82) is 0 Å². The predicted octanol–water partition coefficient (Wildman–Crippen LogP) is 0.726. The number of phenols is 1. The zero-order valence-electron chi connectivity index (χ0n) is 10.1. The molecule has 6 heteroatoms. The fourth-order valence-corrected chi connectivity index (χ4v) is 3.05. The van der Waals surface area contributed by atoms with Gasteiger partial charge in [0.25, 0.3) is 5.56 Å². The summed E-state index contributed by atoms with van der Waals surface area (Å²) in [6.45, 7) is 0. The Kier molecular flexibility index (Phi) is 3.10. The Morgan fingerprint density at radius 1 is 1.42 bits per heavy atom. The van der Waals surface area contributed by atoms with E-state index in [0.29, 0.717) is 22.6 Å². The Labute approximate surface area is 115 Å². The molecule has 2 aromatic rings. The SMILES string of the molecule is [B]c1ccc(-c2nc3c(c(=O)[nH]2)CSCC3)cc1O. The molecule has 94 valence electrons. The van der Waals surface area contributed by atoms with Crippen LogP contribution < -0.4 is 11.0 Å². The highest BCUT2D eigenvalue weighted by Gasteiger charge is 2.16. The molecule has 0 spiro atoms. The zero-order valence-corrected chi connectivity index (χ0v) is 11.0. The number of benzene rings is 1. The van der Waals surface area contributed by atoms with E-state index in [1.807, 2.05) is 0 Å². The smallest absolute Gasteiger partial charge is 0.255 e. The molecule has 2 radical (unpaired) electrons. The van der Waals surface area contributed by atoms with Crippen molar-refractivity contribution in [2.45, 2.75) is 12.2 Å². The van der Waals surface area contributed by atoms with Crippen molar-refractivity contribution in [2.24, 2.45) is 0 Å². The Bertz CT molecular complexity index is 700. The number of H-pyrrole nitrogens is 1. The van der Waals surface area contributed by atoms with Crippen molar-refractivity contribution in [3.05, 3.63) is 39.8 Å². The summed E-state index contributed by atoms with van der Waals surface area (Å²) in [7, 11) is 5.56. The van der Waals surface area contributed by atoms with Crippen molar-refractivity contribution in [2.75, 3.05) is 5.75 Å². The van der Waals surface area contributed by atoms with Crippen molar-refractivity contribution in [3.8, 4) is 17.1 Å². The van der Waals surface area contributed by atoms with Crippen molar-refractivity contribution < 1.29 is 5.11 Å². The second kappa shape index (κ2) is 4.77. The normalized spacial score (nSPS) is 14.1. The summed E-state index contributed by atoms with van der Waals surface area (Å²) in [5.41, 5.74) is 2.49. The molecule has 0 aliphatic carbocycles. The second-order valence-electron chi connectivity index (χ2n) is 4.42. The number of nitrogens with one attached hydrogen (secondary N) is 1. The second-order valence-corrected chi connectivity index (χ2v) is 5.52. The molecule has 0 amide bonds. The summed E-state index contributed by atoms with van der Waals surface area (Å²) in [5, 5.41) is 9.62. The van der Waals surface area contributed by atoms with Crippen molar-refractivity contribution >= 4 is 25.1 Å². The Morgan fingerprint density at radius 3 is 3.05 bits per heavy atom. The summed E-state index contributed by atoms with van der Waals surface area (Å²) in [6.07, 6.45) is 0.803. The molecule has 4 nitrogen and oxygen atoms in total. The van der Waals surface area contributed by atoms with Crippen molar-refractivity contribution in [1.82, 2.24) is 9.97 Å². The molecule has 0 unspecified atom stereocenters. The van der Waals surface area contributed by atoms with Crippen LogP contribution in [0.2, 0.25) is 0 Å². The lowest BCUT2D eigenvalue weighted by Crippen LogP contribution is -2.21. The maximum atomic E-state index is 12.0. The fourth-order valence-electron chi connectivity index (χ4n) is 2.07. The van der Waals surface area contributed by atoms with Gasteiger partial charge < -0.3 is 10.1 Å². The van der Waals surface area contributed by atoms with Crippen LogP contribution in [0.3, 0.4) is 0 Å². The van der Waals surface area contributed by atoms with Gasteiger partial charge in [0.1, 0.15) is 19.4 Å². The monoisotopic (exact) mass is 270 g/mol. The van der Waals surface area contributed by atoms with E-state index in [4.69, 9.17) is 7.85 Å². The molecule has 1 aromatic carbocycles. The molecule has 3 rings (SSSR count). The van der Waals surface area contributed by atoms with Crippen molar-refractivity contribution in [3.63, 3.8) is 0 Å². The van der Waals surface area contributed by atoms with Crippen LogP contribution in [0.4, 0.5) is 0 Å². The number of hydrogen-bond donors (Lipinski definition) is 2. The van der Waals surface area contributed by atoms with Crippen LogP contribution >= 0.6 is 11.8 Å². The van der Waals surface area contributed by atoms with Crippen LogP contribution in [0.25, 0.3) is 11.4 Å². The molecule has 19 heavy (non-hydrogen) atoms. The number of hydrogen-bond acceptors (Lipinski definition) is 4. The molecule has 1 aliphatic rings. The van der Waals surface area contributed by atoms with Gasteiger partial charge in [-0.1, -0.05) is 17.6 Å². The molecule has 2 N–H and O–H groups in total. The highest BCUT2D eigenvalue weighted by Crippen LogP contribution is 2.23. The number of phenolic OH excluding ortho intramolecular Hbond substituents is 1. The highest BCUT2D eigenvalue weighted by atomic mass is 32.2. The maximum Gasteiger partial charge on any atom is 0.255 e. The summed E-state index contributed by atoms with van der Waals surface area (Å²) >= 11 is 1.74. The Hall–Kier alpha value is -1.69. The van der Waals surface area contributed by atoms with Gasteiger partial charge in [-0.3, -0.25) is 4.79 Å². The molecular weight excluding hydrogens is 259 g/mol. The van der Waals surface area contributed by atoms with Gasteiger partial charge in [-0.05, 0) is 18.2 Å². The van der Waals surface area contributed by atoms with Gasteiger partial charge in [-0.25, -0.2) is 4.98 Å². The lowest BCUT2D eigenvalue weighted by molar-refractivity contribution is 0.480. The first-order chi connectivity index (χ1) is 9.15. The quantitative estimate of drug-likeness (QED) is 0.749. The van der Waals surface area contributed by atoms with Gasteiger partial charge in [0.05, 0.1) is 5.69 Å². The predicted molar refractivity (Wildman–Crippen MR) is 77.2 cm³/mol. The van der Waals surface area contributed by atoms with E-state index in [2.05, 4.69) is 9.97 Å². The molecule has 0 fully saturated rings. The lowest BCUT2D eigenvalue weighted by atomic mass is 9.94. The average molecular weight is 270 g/mol. The topological polar surface area (TPSA) is 66.0 Å². The number of nitrogens with zero attached hydrogens (tertiary/aromatic N) is 1. The van der Waals surface area contributed by atoms with Gasteiger partial charge in [-0.15, -0.1) is 0 Å². The van der Waals surface area contributed by atoms with E-state index in [-0.39, 0.29) is 11.3 Å². The highest BCUT2D eigenvalue weighted by molar-refractivity contribution is 7.98. The molecule has 2 heterocycles. The summed E-state index contributed by atoms with van der Waals surface area (Å²) in [6, 6.07) is 4.84. The van der Waals surface area contributed by atoms with Crippen LogP contribution in [-0.2, 0) is 12.2 Å². The number of aromatic hydroxyl groups is 1. The molecule has 0 saturated carbocycles. The number of fused-ring (bicyclic) bond motifs is 1. The number of aromatic amines is 1. The lowest BCUT2D eigenvalue weighted by Gasteiger charge is -2.14. The third-order valence-electron chi connectivity index (χ3n) is 3.13. The van der Waals surface area contributed by atoms with E-state index in [0.717, 1.165) is 23.4 Å². The van der Waals surface area contributed by atoms with Crippen LogP contribution in [0.5, 0.6) is 5.75 Å².